The third-order valence-corrected chi connectivity index (χ3v) is 3.39. The van der Waals surface area contributed by atoms with Gasteiger partial charge in [0.2, 0.25) is 0 Å². The van der Waals surface area contributed by atoms with Gasteiger partial charge in [-0.15, -0.1) is 0 Å². The van der Waals surface area contributed by atoms with E-state index in [1.807, 2.05) is 6.07 Å². The molecule has 0 aliphatic heterocycles. The van der Waals surface area contributed by atoms with Crippen LogP contribution in [0.4, 0.5) is 5.82 Å². The van der Waals surface area contributed by atoms with Crippen molar-refractivity contribution in [3.8, 4) is 0 Å². The number of anilines is 1. The molecule has 1 atom stereocenters. The molecule has 0 amide bonds. The summed E-state index contributed by atoms with van der Waals surface area (Å²) in [6, 6.07) is 10.4. The number of nitrogen functional groups attached to an aromatic ring is 1. The average Bonchev–Trinajstić information content (AvgIpc) is 2.49. The van der Waals surface area contributed by atoms with Crippen molar-refractivity contribution in [3.63, 3.8) is 0 Å². The second-order valence-corrected chi connectivity index (χ2v) is 4.38. The van der Waals surface area contributed by atoms with Crippen molar-refractivity contribution >= 4 is 18.0 Å². The molecule has 3 rings (SSSR count). The van der Waals surface area contributed by atoms with Gasteiger partial charge in [0.15, 0.2) is 0 Å². The van der Waals surface area contributed by atoms with E-state index in [9.17, 15) is 0 Å². The molecule has 2 heteroatoms. The second kappa shape index (κ2) is 3.74. The van der Waals surface area contributed by atoms with E-state index in [-0.39, 0.29) is 5.92 Å². The van der Waals surface area contributed by atoms with E-state index in [0.717, 1.165) is 5.56 Å². The van der Waals surface area contributed by atoms with E-state index < -0.39 is 0 Å². The summed E-state index contributed by atoms with van der Waals surface area (Å²) in [4.78, 5) is 4.20. The number of benzene rings is 1. The molecule has 0 saturated heterocycles. The Kier molecular flexibility index (Phi) is 2.22. The third kappa shape index (κ3) is 1.53. The molecule has 0 radical (unpaired) electrons. The highest BCUT2D eigenvalue weighted by Crippen LogP contribution is 2.36. The molecule has 1 aliphatic rings. The van der Waals surface area contributed by atoms with Crippen LogP contribution in [0.1, 0.15) is 35.1 Å². The van der Waals surface area contributed by atoms with Crippen molar-refractivity contribution < 1.29 is 0 Å². The van der Waals surface area contributed by atoms with Crippen LogP contribution in [-0.4, -0.2) is 4.98 Å². The van der Waals surface area contributed by atoms with Gasteiger partial charge in [0.25, 0.3) is 0 Å². The first kappa shape index (κ1) is 10.1. The Bertz CT molecular complexity index is 600. The summed E-state index contributed by atoms with van der Waals surface area (Å²) in [6.45, 7) is 2.18. The fraction of sp³-hybridized carbons (Fsp3) is 0.133. The number of hydrogen-bond donors (Lipinski definition) is 1. The first-order chi connectivity index (χ1) is 8.27. The van der Waals surface area contributed by atoms with E-state index in [0.29, 0.717) is 5.82 Å². The van der Waals surface area contributed by atoms with Crippen LogP contribution in [0.15, 0.2) is 36.5 Å². The SMILES string of the molecule is CC1c2ccccc2C=Cc2ccnc(N)c21. The number of nitrogens with two attached hydrogens (primary N) is 1. The lowest BCUT2D eigenvalue weighted by Crippen LogP contribution is -2.05. The van der Waals surface area contributed by atoms with Crippen molar-refractivity contribution in [3.05, 3.63) is 58.8 Å². The van der Waals surface area contributed by atoms with Crippen LogP contribution < -0.4 is 5.73 Å². The van der Waals surface area contributed by atoms with Gasteiger partial charge in [-0.05, 0) is 22.8 Å². The summed E-state index contributed by atoms with van der Waals surface area (Å²) in [5, 5.41) is 0. The van der Waals surface area contributed by atoms with Gasteiger partial charge in [0.05, 0.1) is 0 Å². The molecule has 17 heavy (non-hydrogen) atoms. The highest BCUT2D eigenvalue weighted by Gasteiger charge is 2.19. The zero-order valence-electron chi connectivity index (χ0n) is 9.72. The molecule has 84 valence electrons. The molecule has 1 aliphatic carbocycles. The monoisotopic (exact) mass is 222 g/mol. The van der Waals surface area contributed by atoms with Gasteiger partial charge in [-0.3, -0.25) is 0 Å². The summed E-state index contributed by atoms with van der Waals surface area (Å²) >= 11 is 0. The number of hydrogen-bond acceptors (Lipinski definition) is 2. The standard InChI is InChI=1S/C15H14N2/c1-10-13-5-3-2-4-11(13)6-7-12-8-9-17-15(16)14(10)12/h2-10H,1H3,(H2,16,17). The van der Waals surface area contributed by atoms with Crippen LogP contribution in [0.25, 0.3) is 12.2 Å². The van der Waals surface area contributed by atoms with E-state index in [4.69, 9.17) is 5.73 Å². The minimum Gasteiger partial charge on any atom is -0.383 e. The summed E-state index contributed by atoms with van der Waals surface area (Å²) in [5.74, 6) is 0.918. The molecule has 0 spiro atoms. The predicted molar refractivity (Wildman–Crippen MR) is 71.5 cm³/mol. The van der Waals surface area contributed by atoms with E-state index in [2.05, 4.69) is 48.3 Å². The zero-order chi connectivity index (χ0) is 11.8. The maximum absolute atomic E-state index is 6.01. The van der Waals surface area contributed by atoms with Crippen LogP contribution >= 0.6 is 0 Å². The topological polar surface area (TPSA) is 38.9 Å². The van der Waals surface area contributed by atoms with Gasteiger partial charge in [0.1, 0.15) is 5.82 Å². The Morgan fingerprint density at radius 3 is 2.71 bits per heavy atom. The molecular formula is C15H14N2. The molecule has 2 aromatic rings. The molecule has 0 fully saturated rings. The third-order valence-electron chi connectivity index (χ3n) is 3.39. The number of fused-ring (bicyclic) bond motifs is 2. The maximum atomic E-state index is 6.01. The lowest BCUT2D eigenvalue weighted by atomic mass is 9.90. The van der Waals surface area contributed by atoms with Gasteiger partial charge < -0.3 is 5.73 Å². The first-order valence-electron chi connectivity index (χ1n) is 5.79. The highest BCUT2D eigenvalue weighted by atomic mass is 14.8. The van der Waals surface area contributed by atoms with Crippen molar-refractivity contribution in [2.45, 2.75) is 12.8 Å². The summed E-state index contributed by atoms with van der Waals surface area (Å²) in [6.07, 6.45) is 6.04. The van der Waals surface area contributed by atoms with Crippen LogP contribution in [0.3, 0.4) is 0 Å². The molecule has 1 aromatic carbocycles. The molecule has 1 unspecified atom stereocenters. The molecule has 0 saturated carbocycles. The van der Waals surface area contributed by atoms with E-state index in [1.165, 1.54) is 16.7 Å². The second-order valence-electron chi connectivity index (χ2n) is 4.38. The lowest BCUT2D eigenvalue weighted by molar-refractivity contribution is 0.913. The van der Waals surface area contributed by atoms with Gasteiger partial charge in [-0.25, -0.2) is 4.98 Å². The highest BCUT2D eigenvalue weighted by molar-refractivity contribution is 5.78. The molecule has 1 aromatic heterocycles. The molecule has 0 bridgehead atoms. The smallest absolute Gasteiger partial charge is 0.127 e. The first-order valence-corrected chi connectivity index (χ1v) is 5.79. The number of aromatic nitrogens is 1. The Balaban J connectivity index is 2.29. The Labute approximate surface area is 101 Å². The molecular weight excluding hydrogens is 208 g/mol. The van der Waals surface area contributed by atoms with Crippen molar-refractivity contribution in [1.82, 2.24) is 4.98 Å². The normalized spacial score (nSPS) is 17.1. The zero-order valence-corrected chi connectivity index (χ0v) is 9.72. The van der Waals surface area contributed by atoms with Crippen molar-refractivity contribution in [2.75, 3.05) is 5.73 Å². The van der Waals surface area contributed by atoms with Crippen molar-refractivity contribution in [1.29, 1.82) is 0 Å². The van der Waals surface area contributed by atoms with Gasteiger partial charge in [-0.1, -0.05) is 43.3 Å². The quantitative estimate of drug-likeness (QED) is 0.742. The largest absolute Gasteiger partial charge is 0.383 e. The fourth-order valence-electron chi connectivity index (χ4n) is 2.51. The molecule has 2 nitrogen and oxygen atoms in total. The van der Waals surface area contributed by atoms with Crippen LogP contribution in [0.2, 0.25) is 0 Å². The fourth-order valence-corrected chi connectivity index (χ4v) is 2.51. The van der Waals surface area contributed by atoms with E-state index >= 15 is 0 Å². The molecule has 1 heterocycles. The maximum Gasteiger partial charge on any atom is 0.127 e. The minimum absolute atomic E-state index is 0.282. The minimum atomic E-state index is 0.282. The Hall–Kier alpha value is -2.09. The van der Waals surface area contributed by atoms with Crippen LogP contribution in [0.5, 0.6) is 0 Å². The molecule has 2 N–H and O–H groups in total. The van der Waals surface area contributed by atoms with Gasteiger partial charge in [-0.2, -0.15) is 0 Å². The van der Waals surface area contributed by atoms with Gasteiger partial charge >= 0.3 is 0 Å². The summed E-state index contributed by atoms with van der Waals surface area (Å²) < 4.78 is 0. The lowest BCUT2D eigenvalue weighted by Gasteiger charge is -2.16. The Morgan fingerprint density at radius 1 is 1.06 bits per heavy atom. The summed E-state index contributed by atoms with van der Waals surface area (Å²) in [5.41, 5.74) is 10.9. The summed E-state index contributed by atoms with van der Waals surface area (Å²) in [7, 11) is 0. The van der Waals surface area contributed by atoms with Crippen LogP contribution in [-0.2, 0) is 0 Å². The van der Waals surface area contributed by atoms with Crippen molar-refractivity contribution in [2.24, 2.45) is 0 Å². The predicted octanol–water partition coefficient (Wildman–Crippen LogP) is 3.30. The van der Waals surface area contributed by atoms with Crippen LogP contribution in [0, 0.1) is 0 Å². The Morgan fingerprint density at radius 2 is 1.82 bits per heavy atom. The van der Waals surface area contributed by atoms with E-state index in [1.54, 1.807) is 6.20 Å². The van der Waals surface area contributed by atoms with Gasteiger partial charge in [0, 0.05) is 17.7 Å². The number of nitrogens with zero attached hydrogens (tertiary/aromatic N) is 1. The number of pyridine rings is 1. The number of rotatable bonds is 0. The average molecular weight is 222 g/mol.